The first-order valence-corrected chi connectivity index (χ1v) is 27.4. The quantitative estimate of drug-likeness (QED) is 0.0684. The Morgan fingerprint density at radius 2 is 0.512 bits per heavy atom. The van der Waals surface area contributed by atoms with Crippen LogP contribution >= 0.6 is 0 Å². The Hall–Kier alpha value is -8.32. The van der Waals surface area contributed by atoms with E-state index in [4.69, 9.17) is 30.4 Å². The van der Waals surface area contributed by atoms with Gasteiger partial charge in [0, 0.05) is 69.3 Å². The fourth-order valence-corrected chi connectivity index (χ4v) is 11.2. The minimum Gasteiger partial charge on any atom is -0.457 e. The second kappa shape index (κ2) is 19.2. The number of hydrogen-bond donors (Lipinski definition) is 2. The highest BCUT2D eigenvalue weighted by Gasteiger charge is 2.41. The third-order valence-corrected chi connectivity index (χ3v) is 15.6. The lowest BCUT2D eigenvalue weighted by Gasteiger charge is -2.32. The van der Waals surface area contributed by atoms with Crippen molar-refractivity contribution in [2.24, 2.45) is 11.5 Å². The van der Waals surface area contributed by atoms with E-state index in [0.717, 1.165) is 22.3 Å². The number of benzene rings is 9. The standard InChI is InChI=1S/C68H68N4O8/c1-65(2,3)37-13-21-41(22-14-37)77-49-33-45-53-46(62(74)71(31-29-69)61(45)73)35-51(79-43-25-17-39(18-26-43)67(7,8)9)57-58-52(80-44-27-19-40(20-28-44)68(10,11)12)36-48-54-47(63(75)72(32-30-70)64(48)76)34-50(56(60(54)58)55(49)59(53)57)78-42-23-15-38(16-24-42)66(4,5)6/h13-28,33-36H,29-32,69-70H2,1-12H3. The molecule has 0 unspecified atom stereocenters. The fourth-order valence-electron chi connectivity index (χ4n) is 11.2. The van der Waals surface area contributed by atoms with Crippen molar-refractivity contribution in [3.63, 3.8) is 0 Å². The number of rotatable bonds is 12. The van der Waals surface area contributed by atoms with Gasteiger partial charge < -0.3 is 30.4 Å². The number of carbonyl (C=O) groups is 4. The molecule has 11 rings (SSSR count). The summed E-state index contributed by atoms with van der Waals surface area (Å²) in [6.45, 7) is 25.6. The minimum atomic E-state index is -0.553. The summed E-state index contributed by atoms with van der Waals surface area (Å²) in [5.74, 6) is 0.601. The average molecular weight is 1070 g/mol. The van der Waals surface area contributed by atoms with E-state index in [2.05, 4.69) is 83.1 Å². The first kappa shape index (κ1) is 53.7. The minimum absolute atomic E-state index is 0.0220. The predicted molar refractivity (Wildman–Crippen MR) is 317 cm³/mol. The molecule has 0 aliphatic carbocycles. The van der Waals surface area contributed by atoms with Gasteiger partial charge in [-0.2, -0.15) is 0 Å². The van der Waals surface area contributed by atoms with Crippen molar-refractivity contribution in [3.05, 3.63) is 166 Å². The summed E-state index contributed by atoms with van der Waals surface area (Å²) in [5, 5.41) is 3.31. The maximum Gasteiger partial charge on any atom is 0.261 e. The monoisotopic (exact) mass is 1070 g/mol. The maximum atomic E-state index is 15.1. The molecule has 9 aromatic rings. The molecule has 0 fully saturated rings. The zero-order valence-electron chi connectivity index (χ0n) is 47.7. The molecular formula is C68H68N4O8. The van der Waals surface area contributed by atoms with Gasteiger partial charge in [0.05, 0.1) is 22.3 Å². The lowest BCUT2D eigenvalue weighted by molar-refractivity contribution is 0.0599. The zero-order chi connectivity index (χ0) is 57.1. The molecule has 0 saturated heterocycles. The van der Waals surface area contributed by atoms with Gasteiger partial charge in [-0.15, -0.1) is 0 Å². The van der Waals surface area contributed by atoms with Crippen LogP contribution in [0.15, 0.2) is 121 Å². The molecule has 2 heterocycles. The van der Waals surface area contributed by atoms with Gasteiger partial charge in [-0.3, -0.25) is 29.0 Å². The molecule has 0 aromatic heterocycles. The van der Waals surface area contributed by atoms with Gasteiger partial charge in [-0.1, -0.05) is 132 Å². The Morgan fingerprint density at radius 1 is 0.312 bits per heavy atom. The molecule has 12 heteroatoms. The molecule has 9 aromatic carbocycles. The normalized spacial score (nSPS) is 14.1. The van der Waals surface area contributed by atoms with Gasteiger partial charge in [0.15, 0.2) is 0 Å². The highest BCUT2D eigenvalue weighted by atomic mass is 16.5. The molecule has 408 valence electrons. The lowest BCUT2D eigenvalue weighted by Crippen LogP contribution is -2.43. The van der Waals surface area contributed by atoms with Gasteiger partial charge in [0.1, 0.15) is 46.0 Å². The van der Waals surface area contributed by atoms with E-state index in [9.17, 15) is 0 Å². The highest BCUT2D eigenvalue weighted by molar-refractivity contribution is 6.44. The second-order valence-electron chi connectivity index (χ2n) is 25.3. The molecule has 0 saturated carbocycles. The Balaban J connectivity index is 1.36. The van der Waals surface area contributed by atoms with Crippen LogP contribution < -0.4 is 30.4 Å². The van der Waals surface area contributed by atoms with Crippen molar-refractivity contribution >= 4 is 66.7 Å². The third kappa shape index (κ3) is 9.14. The number of amides is 4. The Kier molecular flexibility index (Phi) is 12.9. The first-order chi connectivity index (χ1) is 37.8. The van der Waals surface area contributed by atoms with Crippen LogP contribution in [0, 0.1) is 0 Å². The summed E-state index contributed by atoms with van der Waals surface area (Å²) in [4.78, 5) is 62.9. The molecule has 80 heavy (non-hydrogen) atoms. The van der Waals surface area contributed by atoms with Crippen molar-refractivity contribution in [2.75, 3.05) is 26.2 Å². The summed E-state index contributed by atoms with van der Waals surface area (Å²) in [6.07, 6.45) is 0. The smallest absolute Gasteiger partial charge is 0.261 e. The zero-order valence-corrected chi connectivity index (χ0v) is 47.7. The second-order valence-corrected chi connectivity index (χ2v) is 25.3. The predicted octanol–water partition coefficient (Wildman–Crippen LogP) is 15.2. The fraction of sp³-hybridized carbons (Fsp3) is 0.294. The number of ether oxygens (including phenoxy) is 4. The molecular weight excluding hydrogens is 1000 g/mol. The van der Waals surface area contributed by atoms with Gasteiger partial charge in [-0.05, 0) is 117 Å². The number of fused-ring (bicyclic) bond motifs is 2. The first-order valence-electron chi connectivity index (χ1n) is 27.4. The largest absolute Gasteiger partial charge is 0.457 e. The number of imide groups is 2. The van der Waals surface area contributed by atoms with E-state index in [1.54, 1.807) is 24.3 Å². The number of nitrogens with zero attached hydrogens (tertiary/aromatic N) is 2. The van der Waals surface area contributed by atoms with Gasteiger partial charge in [-0.25, -0.2) is 0 Å². The van der Waals surface area contributed by atoms with Gasteiger partial charge in [0.25, 0.3) is 23.6 Å². The van der Waals surface area contributed by atoms with Crippen LogP contribution in [-0.2, 0) is 21.7 Å². The van der Waals surface area contributed by atoms with Crippen LogP contribution in [0.3, 0.4) is 0 Å². The summed E-state index contributed by atoms with van der Waals surface area (Å²) in [6, 6.07) is 38.0. The van der Waals surface area contributed by atoms with Crippen LogP contribution in [0.5, 0.6) is 46.0 Å². The number of carbonyl (C=O) groups excluding carboxylic acids is 4. The molecule has 0 atom stereocenters. The van der Waals surface area contributed by atoms with E-state index in [1.165, 1.54) is 9.80 Å². The van der Waals surface area contributed by atoms with E-state index in [-0.39, 0.29) is 93.1 Å². The Labute approximate surface area is 466 Å². The van der Waals surface area contributed by atoms with Crippen molar-refractivity contribution < 1.29 is 38.1 Å². The summed E-state index contributed by atoms with van der Waals surface area (Å²) < 4.78 is 28.6. The van der Waals surface area contributed by atoms with Crippen molar-refractivity contribution in [3.8, 4) is 46.0 Å². The van der Waals surface area contributed by atoms with Crippen LogP contribution in [0.4, 0.5) is 0 Å². The van der Waals surface area contributed by atoms with Crippen LogP contribution in [0.25, 0.3) is 43.1 Å². The number of hydrogen-bond acceptors (Lipinski definition) is 10. The molecule has 12 nitrogen and oxygen atoms in total. The van der Waals surface area contributed by atoms with Crippen LogP contribution in [0.1, 0.15) is 147 Å². The van der Waals surface area contributed by atoms with Crippen molar-refractivity contribution in [1.29, 1.82) is 0 Å². The van der Waals surface area contributed by atoms with E-state index < -0.39 is 23.6 Å². The van der Waals surface area contributed by atoms with Crippen LogP contribution in [-0.4, -0.2) is 59.6 Å². The van der Waals surface area contributed by atoms with Gasteiger partial charge >= 0.3 is 0 Å². The van der Waals surface area contributed by atoms with Crippen LogP contribution in [0.2, 0.25) is 0 Å². The molecule has 2 aliphatic rings. The van der Waals surface area contributed by atoms with Gasteiger partial charge in [0.2, 0.25) is 0 Å². The Bertz CT molecular complexity index is 3500. The molecule has 0 radical (unpaired) electrons. The molecule has 4 amide bonds. The van der Waals surface area contributed by atoms with E-state index in [1.807, 2.05) is 97.1 Å². The van der Waals surface area contributed by atoms with Crippen molar-refractivity contribution in [2.45, 2.75) is 105 Å². The molecule has 4 N–H and O–H groups in total. The SMILES string of the molecule is CC(C)(C)c1ccc(Oc2cc3c4c(cc(Oc5ccc(C(C)(C)C)cc5)c5c6c(Oc7ccc(C(C)(C)C)cc7)cc7c8c(cc(Oc9ccc(C(C)(C)C)cc9)c(c2c45)c86)C(=O)N(CCN)C7=O)C(=O)N(CCN)C3=O)cc1. The van der Waals surface area contributed by atoms with Crippen molar-refractivity contribution in [1.82, 2.24) is 9.80 Å². The lowest BCUT2D eigenvalue weighted by atomic mass is 9.80. The maximum absolute atomic E-state index is 15.1. The summed E-state index contributed by atoms with van der Waals surface area (Å²) >= 11 is 0. The average Bonchev–Trinajstić information content (AvgIpc) is 2.31. The summed E-state index contributed by atoms with van der Waals surface area (Å²) in [7, 11) is 0. The Morgan fingerprint density at radius 3 is 0.688 bits per heavy atom. The molecule has 0 spiro atoms. The number of nitrogens with two attached hydrogens (primary N) is 2. The summed E-state index contributed by atoms with van der Waals surface area (Å²) in [5.41, 5.74) is 16.7. The topological polar surface area (TPSA) is 164 Å². The third-order valence-electron chi connectivity index (χ3n) is 15.6. The molecule has 0 bridgehead atoms. The van der Waals surface area contributed by atoms with E-state index in [0.29, 0.717) is 66.1 Å². The highest BCUT2D eigenvalue weighted by Crippen LogP contribution is 2.58. The van der Waals surface area contributed by atoms with E-state index >= 15 is 19.2 Å². The molecule has 2 aliphatic heterocycles.